The molecule has 2 heterocycles. The van der Waals surface area contributed by atoms with E-state index in [1.807, 2.05) is 17.0 Å². The number of nitrogens with one attached hydrogen (secondary N) is 1. The van der Waals surface area contributed by atoms with E-state index in [1.54, 1.807) is 12.1 Å². The number of aryl methyl sites for hydroxylation is 1. The summed E-state index contributed by atoms with van der Waals surface area (Å²) in [5, 5.41) is 7.89. The van der Waals surface area contributed by atoms with Gasteiger partial charge in [0.05, 0.1) is 0 Å². The summed E-state index contributed by atoms with van der Waals surface area (Å²) in [5.74, 6) is 1.12. The molecule has 0 radical (unpaired) electrons. The van der Waals surface area contributed by atoms with Gasteiger partial charge in [0, 0.05) is 49.1 Å². The van der Waals surface area contributed by atoms with Crippen LogP contribution in [0.15, 0.2) is 28.8 Å². The van der Waals surface area contributed by atoms with Gasteiger partial charge in [-0.25, -0.2) is 0 Å². The lowest BCUT2D eigenvalue weighted by molar-refractivity contribution is -0.134. The number of rotatable bonds is 4. The van der Waals surface area contributed by atoms with Crippen molar-refractivity contribution in [3.63, 3.8) is 0 Å². The van der Waals surface area contributed by atoms with Crippen molar-refractivity contribution < 1.29 is 9.32 Å². The second-order valence-corrected chi connectivity index (χ2v) is 6.10. The molecule has 3 rings (SSSR count). The lowest BCUT2D eigenvalue weighted by Gasteiger charge is -2.34. The summed E-state index contributed by atoms with van der Waals surface area (Å²) in [4.78, 5) is 18.5. The smallest absolute Gasteiger partial charge is 0.227 e. The number of hydrogen-bond donors (Lipinski definition) is 1. The van der Waals surface area contributed by atoms with Crippen LogP contribution in [-0.2, 0) is 11.2 Å². The van der Waals surface area contributed by atoms with Crippen LogP contribution in [0.4, 0.5) is 0 Å². The number of halogens is 2. The maximum atomic E-state index is 12.3. The average Bonchev–Trinajstić information content (AvgIpc) is 3.03. The van der Waals surface area contributed by atoms with Crippen LogP contribution >= 0.6 is 24.0 Å². The van der Waals surface area contributed by atoms with E-state index >= 15 is 0 Å². The van der Waals surface area contributed by atoms with Gasteiger partial charge in [0.1, 0.15) is 0 Å². The molecular formula is C16H20Cl2N4O2. The Bertz CT molecular complexity index is 675. The lowest BCUT2D eigenvalue weighted by atomic mass is 10.2. The van der Waals surface area contributed by atoms with Gasteiger partial charge in [-0.05, 0) is 31.2 Å². The fourth-order valence-corrected chi connectivity index (χ4v) is 2.77. The summed E-state index contributed by atoms with van der Waals surface area (Å²) in [5.41, 5.74) is 0.839. The number of aromatic nitrogens is 2. The summed E-state index contributed by atoms with van der Waals surface area (Å²) in [6, 6.07) is 7.46. The van der Waals surface area contributed by atoms with Crippen molar-refractivity contribution in [1.82, 2.24) is 20.4 Å². The largest absolute Gasteiger partial charge is 0.339 e. The lowest BCUT2D eigenvalue weighted by Crippen LogP contribution is -2.52. The highest BCUT2D eigenvalue weighted by atomic mass is 35.5. The van der Waals surface area contributed by atoms with Gasteiger partial charge in [-0.15, -0.1) is 12.4 Å². The first-order valence-electron chi connectivity index (χ1n) is 7.72. The monoisotopic (exact) mass is 370 g/mol. The van der Waals surface area contributed by atoms with Crippen LogP contribution in [0.2, 0.25) is 5.02 Å². The maximum absolute atomic E-state index is 12.3. The zero-order valence-electron chi connectivity index (χ0n) is 13.4. The minimum Gasteiger partial charge on any atom is -0.339 e. The van der Waals surface area contributed by atoms with Crippen molar-refractivity contribution in [2.45, 2.75) is 25.8 Å². The predicted octanol–water partition coefficient (Wildman–Crippen LogP) is 2.56. The molecule has 0 aliphatic carbocycles. The third-order valence-electron chi connectivity index (χ3n) is 3.94. The molecule has 1 unspecified atom stereocenters. The van der Waals surface area contributed by atoms with Crippen LogP contribution in [0.5, 0.6) is 0 Å². The number of carbonyl (C=O) groups is 1. The maximum Gasteiger partial charge on any atom is 0.227 e. The Kier molecular flexibility index (Phi) is 6.60. The first kappa shape index (κ1) is 18.7. The molecule has 1 saturated heterocycles. The number of carbonyl (C=O) groups excluding carboxylic acids is 1. The van der Waals surface area contributed by atoms with Gasteiger partial charge in [0.15, 0.2) is 0 Å². The minimum absolute atomic E-state index is 0. The Morgan fingerprint density at radius 2 is 2.17 bits per heavy atom. The second kappa shape index (κ2) is 8.46. The molecule has 24 heavy (non-hydrogen) atoms. The number of nitrogens with zero attached hydrogens (tertiary/aromatic N) is 3. The molecule has 130 valence electrons. The van der Waals surface area contributed by atoms with Gasteiger partial charge in [-0.3, -0.25) is 4.79 Å². The normalized spacial score (nSPS) is 17.4. The molecule has 1 amide bonds. The van der Waals surface area contributed by atoms with Crippen molar-refractivity contribution in [1.29, 1.82) is 0 Å². The summed E-state index contributed by atoms with van der Waals surface area (Å²) >= 11 is 5.86. The summed E-state index contributed by atoms with van der Waals surface area (Å²) in [6.45, 7) is 4.49. The third-order valence-corrected chi connectivity index (χ3v) is 4.20. The van der Waals surface area contributed by atoms with E-state index in [4.69, 9.17) is 16.1 Å². The van der Waals surface area contributed by atoms with Gasteiger partial charge in [0.2, 0.25) is 17.6 Å². The van der Waals surface area contributed by atoms with Gasteiger partial charge < -0.3 is 14.7 Å². The number of amides is 1. The van der Waals surface area contributed by atoms with Crippen molar-refractivity contribution in [3.05, 3.63) is 35.2 Å². The molecule has 1 fully saturated rings. The summed E-state index contributed by atoms with van der Waals surface area (Å²) in [6.07, 6.45) is 0.836. The molecule has 1 aromatic carbocycles. The van der Waals surface area contributed by atoms with Crippen LogP contribution in [0.3, 0.4) is 0 Å². The highest BCUT2D eigenvalue weighted by molar-refractivity contribution is 6.30. The molecule has 1 atom stereocenters. The van der Waals surface area contributed by atoms with Crippen molar-refractivity contribution in [3.8, 4) is 11.4 Å². The zero-order valence-corrected chi connectivity index (χ0v) is 14.9. The zero-order chi connectivity index (χ0) is 16.2. The highest BCUT2D eigenvalue weighted by Crippen LogP contribution is 2.19. The van der Waals surface area contributed by atoms with E-state index in [0.717, 1.165) is 25.2 Å². The standard InChI is InChI=1S/C16H19ClN4O2.ClH/c1-11-10-18-8-9-21(11)15(22)7-6-14-19-16(20-23-14)12-2-4-13(17)5-3-12;/h2-5,11,18H,6-10H2,1H3;1H. The van der Waals surface area contributed by atoms with E-state index in [1.165, 1.54) is 0 Å². The van der Waals surface area contributed by atoms with Crippen LogP contribution in [0.25, 0.3) is 11.4 Å². The van der Waals surface area contributed by atoms with Crippen LogP contribution in [0, 0.1) is 0 Å². The molecule has 6 nitrogen and oxygen atoms in total. The third kappa shape index (κ3) is 4.47. The number of benzene rings is 1. The van der Waals surface area contributed by atoms with E-state index < -0.39 is 0 Å². The molecule has 1 N–H and O–H groups in total. The van der Waals surface area contributed by atoms with Crippen LogP contribution in [-0.4, -0.2) is 46.6 Å². The molecule has 1 aromatic heterocycles. The van der Waals surface area contributed by atoms with Crippen molar-refractivity contribution in [2.24, 2.45) is 0 Å². The Morgan fingerprint density at radius 3 is 2.88 bits per heavy atom. The molecule has 8 heteroatoms. The van der Waals surface area contributed by atoms with Gasteiger partial charge in [0.25, 0.3) is 0 Å². The van der Waals surface area contributed by atoms with Crippen LogP contribution < -0.4 is 5.32 Å². The van der Waals surface area contributed by atoms with Crippen molar-refractivity contribution in [2.75, 3.05) is 19.6 Å². The van der Waals surface area contributed by atoms with Crippen LogP contribution in [0.1, 0.15) is 19.2 Å². The molecule has 0 saturated carbocycles. The SMILES string of the molecule is CC1CNCCN1C(=O)CCc1nc(-c2ccc(Cl)cc2)no1.Cl. The van der Waals surface area contributed by atoms with Gasteiger partial charge in [-0.2, -0.15) is 4.98 Å². The first-order valence-corrected chi connectivity index (χ1v) is 8.10. The van der Waals surface area contributed by atoms with Gasteiger partial charge in [-0.1, -0.05) is 16.8 Å². The minimum atomic E-state index is 0. The molecular weight excluding hydrogens is 351 g/mol. The molecule has 2 aromatic rings. The highest BCUT2D eigenvalue weighted by Gasteiger charge is 2.23. The van der Waals surface area contributed by atoms with E-state index in [2.05, 4.69) is 22.4 Å². The fraction of sp³-hybridized carbons (Fsp3) is 0.438. The van der Waals surface area contributed by atoms with E-state index in [9.17, 15) is 4.79 Å². The second-order valence-electron chi connectivity index (χ2n) is 5.66. The summed E-state index contributed by atoms with van der Waals surface area (Å²) < 4.78 is 5.24. The number of piperazine rings is 1. The fourth-order valence-electron chi connectivity index (χ4n) is 2.64. The quantitative estimate of drug-likeness (QED) is 0.895. The average molecular weight is 371 g/mol. The molecule has 0 spiro atoms. The number of hydrogen-bond acceptors (Lipinski definition) is 5. The Hall–Kier alpha value is -1.63. The summed E-state index contributed by atoms with van der Waals surface area (Å²) in [7, 11) is 0. The molecule has 1 aliphatic heterocycles. The Morgan fingerprint density at radius 1 is 1.42 bits per heavy atom. The van der Waals surface area contributed by atoms with Crippen molar-refractivity contribution >= 4 is 29.9 Å². The van der Waals surface area contributed by atoms with E-state index in [-0.39, 0.29) is 24.4 Å². The molecule has 0 bridgehead atoms. The predicted molar refractivity (Wildman–Crippen MR) is 94.4 cm³/mol. The first-order chi connectivity index (χ1) is 11.1. The topological polar surface area (TPSA) is 71.3 Å². The molecule has 1 aliphatic rings. The Balaban J connectivity index is 0.00000208. The Labute approximate surface area is 152 Å². The van der Waals surface area contributed by atoms with E-state index in [0.29, 0.717) is 29.6 Å². The van der Waals surface area contributed by atoms with Gasteiger partial charge >= 0.3 is 0 Å².